The Morgan fingerprint density at radius 2 is 2.00 bits per heavy atom. The number of para-hydroxylation sites is 3. The number of nitrogens with one attached hydrogen (secondary N) is 1. The van der Waals surface area contributed by atoms with Crippen LogP contribution in [0.25, 0.3) is 11.0 Å². The number of aromatic nitrogens is 2. The molecule has 0 saturated carbocycles. The van der Waals surface area contributed by atoms with E-state index in [1.165, 1.54) is 0 Å². The van der Waals surface area contributed by atoms with E-state index >= 15 is 0 Å². The van der Waals surface area contributed by atoms with Crippen molar-refractivity contribution in [3.63, 3.8) is 0 Å². The van der Waals surface area contributed by atoms with Gasteiger partial charge in [-0.2, -0.15) is 5.26 Å². The van der Waals surface area contributed by atoms with Gasteiger partial charge in [0.05, 0.1) is 29.8 Å². The van der Waals surface area contributed by atoms with Crippen LogP contribution < -0.4 is 10.1 Å². The van der Waals surface area contributed by atoms with Gasteiger partial charge >= 0.3 is 0 Å². The Hall–Kier alpha value is -3.33. The highest BCUT2D eigenvalue weighted by atomic mass is 16.5. The number of imidazole rings is 1. The quantitative estimate of drug-likeness (QED) is 0.799. The third-order valence-electron chi connectivity index (χ3n) is 4.38. The van der Waals surface area contributed by atoms with Crippen molar-refractivity contribution in [3.8, 4) is 11.8 Å². The van der Waals surface area contributed by atoms with Gasteiger partial charge in [-0.3, -0.25) is 10.1 Å². The van der Waals surface area contributed by atoms with Gasteiger partial charge in [0.2, 0.25) is 11.9 Å². The van der Waals surface area contributed by atoms with Gasteiger partial charge in [-0.15, -0.1) is 0 Å². The van der Waals surface area contributed by atoms with Crippen LogP contribution in [-0.2, 0) is 4.79 Å². The van der Waals surface area contributed by atoms with Gasteiger partial charge in [-0.05, 0) is 25.1 Å². The van der Waals surface area contributed by atoms with E-state index in [2.05, 4.69) is 16.4 Å². The van der Waals surface area contributed by atoms with Crippen molar-refractivity contribution in [2.45, 2.75) is 13.0 Å². The summed E-state index contributed by atoms with van der Waals surface area (Å²) in [6.45, 7) is 2.41. The van der Waals surface area contributed by atoms with Gasteiger partial charge in [-0.25, -0.2) is 4.98 Å². The largest absolute Gasteiger partial charge is 0.494 e. The average molecular weight is 332 g/mol. The second kappa shape index (κ2) is 5.95. The molecule has 4 rings (SSSR count). The van der Waals surface area contributed by atoms with E-state index in [4.69, 9.17) is 4.74 Å². The molecule has 1 aliphatic rings. The standard InChI is InChI=1S/C19H16N4O2/c1-2-25-16-10-6-3-7-12(16)17-13(11-20)18(24)22-19-21-14-8-4-5-9-15(14)23(17)19/h3-10,13,17H,2H2,1H3,(H,21,22,24). The van der Waals surface area contributed by atoms with Crippen molar-refractivity contribution in [2.75, 3.05) is 11.9 Å². The summed E-state index contributed by atoms with van der Waals surface area (Å²) in [4.78, 5) is 17.0. The van der Waals surface area contributed by atoms with Crippen LogP contribution in [-0.4, -0.2) is 22.1 Å². The minimum atomic E-state index is -0.869. The van der Waals surface area contributed by atoms with Crippen LogP contribution in [0.3, 0.4) is 0 Å². The van der Waals surface area contributed by atoms with E-state index in [0.717, 1.165) is 16.6 Å². The van der Waals surface area contributed by atoms with Gasteiger partial charge in [0.25, 0.3) is 0 Å². The maximum Gasteiger partial charge on any atom is 0.246 e. The first-order chi connectivity index (χ1) is 12.2. The Morgan fingerprint density at radius 1 is 1.24 bits per heavy atom. The SMILES string of the molecule is CCOc1ccccc1C1C(C#N)C(=O)Nc2nc3ccccc3n21. The van der Waals surface area contributed by atoms with E-state index in [9.17, 15) is 10.1 Å². The Labute approximate surface area is 144 Å². The first-order valence-electron chi connectivity index (χ1n) is 8.13. The topological polar surface area (TPSA) is 79.9 Å². The third kappa shape index (κ3) is 2.32. The number of ether oxygens (including phenoxy) is 1. The van der Waals surface area contributed by atoms with E-state index in [1.54, 1.807) is 0 Å². The first kappa shape index (κ1) is 15.2. The fourth-order valence-electron chi connectivity index (χ4n) is 3.35. The Balaban J connectivity index is 2.00. The lowest BCUT2D eigenvalue weighted by Crippen LogP contribution is -2.37. The number of benzene rings is 2. The Kier molecular flexibility index (Phi) is 3.62. The fourth-order valence-corrected chi connectivity index (χ4v) is 3.35. The number of carbonyl (C=O) groups is 1. The van der Waals surface area contributed by atoms with Crippen molar-refractivity contribution >= 4 is 22.9 Å². The lowest BCUT2D eigenvalue weighted by Gasteiger charge is -2.30. The first-order valence-corrected chi connectivity index (χ1v) is 8.13. The summed E-state index contributed by atoms with van der Waals surface area (Å²) in [5.41, 5.74) is 2.44. The molecule has 3 aromatic rings. The molecule has 2 heterocycles. The lowest BCUT2D eigenvalue weighted by molar-refractivity contribution is -0.119. The second-order valence-electron chi connectivity index (χ2n) is 5.81. The molecule has 1 N–H and O–H groups in total. The Morgan fingerprint density at radius 3 is 2.80 bits per heavy atom. The molecule has 124 valence electrons. The van der Waals surface area contributed by atoms with Gasteiger partial charge in [0.1, 0.15) is 5.75 Å². The molecular weight excluding hydrogens is 316 g/mol. The molecule has 1 aliphatic heterocycles. The number of nitrogens with zero attached hydrogens (tertiary/aromatic N) is 3. The van der Waals surface area contributed by atoms with Crippen LogP contribution in [0.2, 0.25) is 0 Å². The summed E-state index contributed by atoms with van der Waals surface area (Å²) in [5.74, 6) is -0.0870. The van der Waals surface area contributed by atoms with E-state index in [1.807, 2.05) is 60.0 Å². The average Bonchev–Trinajstić information content (AvgIpc) is 2.99. The summed E-state index contributed by atoms with van der Waals surface area (Å²) >= 11 is 0. The molecule has 0 aliphatic carbocycles. The molecule has 2 aromatic carbocycles. The molecule has 0 radical (unpaired) electrons. The minimum absolute atomic E-state index is 0.346. The normalized spacial score (nSPS) is 19.1. The van der Waals surface area contributed by atoms with Gasteiger partial charge < -0.3 is 9.30 Å². The number of hydrogen-bond donors (Lipinski definition) is 1. The predicted octanol–water partition coefficient (Wildman–Crippen LogP) is 3.12. The summed E-state index contributed by atoms with van der Waals surface area (Å²) < 4.78 is 7.67. The van der Waals surface area contributed by atoms with Crippen molar-refractivity contribution in [3.05, 3.63) is 54.1 Å². The monoisotopic (exact) mass is 332 g/mol. The third-order valence-corrected chi connectivity index (χ3v) is 4.38. The van der Waals surface area contributed by atoms with Crippen molar-refractivity contribution < 1.29 is 9.53 Å². The Bertz CT molecular complexity index is 1000. The molecule has 0 bridgehead atoms. The number of hydrogen-bond acceptors (Lipinski definition) is 4. The number of anilines is 1. The summed E-state index contributed by atoms with van der Waals surface area (Å²) in [7, 11) is 0. The predicted molar refractivity (Wildman–Crippen MR) is 93.2 cm³/mol. The zero-order chi connectivity index (χ0) is 17.4. The minimum Gasteiger partial charge on any atom is -0.494 e. The lowest BCUT2D eigenvalue weighted by atomic mass is 9.90. The number of fused-ring (bicyclic) bond motifs is 3. The molecular formula is C19H16N4O2. The summed E-state index contributed by atoms with van der Waals surface area (Å²) in [6, 6.07) is 16.8. The van der Waals surface area contributed by atoms with Gasteiger partial charge in [0.15, 0.2) is 5.92 Å². The van der Waals surface area contributed by atoms with E-state index < -0.39 is 12.0 Å². The molecule has 1 amide bonds. The molecule has 2 unspecified atom stereocenters. The zero-order valence-corrected chi connectivity index (χ0v) is 13.6. The summed E-state index contributed by atoms with van der Waals surface area (Å²) in [6.07, 6.45) is 0. The van der Waals surface area contributed by atoms with Gasteiger partial charge in [0, 0.05) is 5.56 Å². The summed E-state index contributed by atoms with van der Waals surface area (Å²) in [5, 5.41) is 12.4. The number of carbonyl (C=O) groups excluding carboxylic acids is 1. The number of amides is 1. The maximum atomic E-state index is 12.5. The van der Waals surface area contributed by atoms with Crippen LogP contribution in [0, 0.1) is 17.2 Å². The highest BCUT2D eigenvalue weighted by Crippen LogP contribution is 2.40. The zero-order valence-electron chi connectivity index (χ0n) is 13.6. The van der Waals surface area contributed by atoms with Crippen molar-refractivity contribution in [1.82, 2.24) is 9.55 Å². The van der Waals surface area contributed by atoms with Crippen molar-refractivity contribution in [1.29, 1.82) is 5.26 Å². The second-order valence-corrected chi connectivity index (χ2v) is 5.81. The van der Waals surface area contributed by atoms with Crippen molar-refractivity contribution in [2.24, 2.45) is 5.92 Å². The molecule has 0 saturated heterocycles. The highest BCUT2D eigenvalue weighted by Gasteiger charge is 2.40. The van der Waals surface area contributed by atoms with Crippen LogP contribution in [0.1, 0.15) is 18.5 Å². The van der Waals surface area contributed by atoms with Crippen LogP contribution in [0.5, 0.6) is 5.75 Å². The molecule has 0 fully saturated rings. The van der Waals surface area contributed by atoms with Crippen LogP contribution >= 0.6 is 0 Å². The molecule has 25 heavy (non-hydrogen) atoms. The van der Waals surface area contributed by atoms with E-state index in [-0.39, 0.29) is 5.91 Å². The number of nitriles is 1. The number of rotatable bonds is 3. The van der Waals surface area contributed by atoms with Gasteiger partial charge in [-0.1, -0.05) is 30.3 Å². The molecule has 0 spiro atoms. The smallest absolute Gasteiger partial charge is 0.246 e. The molecule has 6 heteroatoms. The fraction of sp³-hybridized carbons (Fsp3) is 0.211. The maximum absolute atomic E-state index is 12.5. The van der Waals surface area contributed by atoms with Crippen LogP contribution in [0.4, 0.5) is 5.95 Å². The molecule has 1 aromatic heterocycles. The van der Waals surface area contributed by atoms with Crippen LogP contribution in [0.15, 0.2) is 48.5 Å². The molecule has 6 nitrogen and oxygen atoms in total. The van der Waals surface area contributed by atoms with E-state index in [0.29, 0.717) is 18.3 Å². The molecule has 2 atom stereocenters. The highest BCUT2D eigenvalue weighted by molar-refractivity contribution is 5.97.